The first-order valence-electron chi connectivity index (χ1n) is 6.74. The van der Waals surface area contributed by atoms with E-state index in [1.807, 2.05) is 18.9 Å². The summed E-state index contributed by atoms with van der Waals surface area (Å²) >= 11 is 1.45. The molecule has 1 atom stereocenters. The van der Waals surface area contributed by atoms with Gasteiger partial charge in [-0.05, 0) is 49.0 Å². The van der Waals surface area contributed by atoms with Crippen LogP contribution in [0, 0.1) is 12.7 Å². The number of fused-ring (bicyclic) bond motifs is 1. The Balaban J connectivity index is 0.00000161. The molecule has 3 nitrogen and oxygen atoms in total. The monoisotopic (exact) mass is 328 g/mol. The summed E-state index contributed by atoms with van der Waals surface area (Å²) in [5.41, 5.74) is 0.882. The van der Waals surface area contributed by atoms with E-state index in [-0.39, 0.29) is 30.2 Å². The second-order valence-corrected chi connectivity index (χ2v) is 6.31. The van der Waals surface area contributed by atoms with Crippen LogP contribution in [-0.4, -0.2) is 37.0 Å². The SMILES string of the molecule is Cc1c(C(=O)N(C)C2CCNC2)sc2ccc(F)cc12.Cl. The molecule has 114 valence electrons. The molecule has 1 aliphatic heterocycles. The molecule has 1 unspecified atom stereocenters. The molecule has 6 heteroatoms. The number of amides is 1. The number of hydrogen-bond donors (Lipinski definition) is 1. The molecule has 21 heavy (non-hydrogen) atoms. The zero-order valence-corrected chi connectivity index (χ0v) is 13.6. The summed E-state index contributed by atoms with van der Waals surface area (Å²) in [6.45, 7) is 3.70. The van der Waals surface area contributed by atoms with Crippen LogP contribution in [0.1, 0.15) is 21.7 Å². The third-order valence-electron chi connectivity index (χ3n) is 3.99. The number of likely N-dealkylation sites (N-methyl/N-ethyl adjacent to an activating group) is 1. The maximum Gasteiger partial charge on any atom is 0.264 e. The van der Waals surface area contributed by atoms with E-state index in [1.54, 1.807) is 6.07 Å². The van der Waals surface area contributed by atoms with Gasteiger partial charge in [0, 0.05) is 24.3 Å². The number of hydrogen-bond acceptors (Lipinski definition) is 3. The molecule has 0 aliphatic carbocycles. The Bertz CT molecular complexity index is 667. The van der Waals surface area contributed by atoms with Gasteiger partial charge < -0.3 is 10.2 Å². The summed E-state index contributed by atoms with van der Waals surface area (Å²) in [6, 6.07) is 4.95. The largest absolute Gasteiger partial charge is 0.337 e. The van der Waals surface area contributed by atoms with Crippen molar-refractivity contribution in [2.45, 2.75) is 19.4 Å². The molecule has 1 saturated heterocycles. The fourth-order valence-corrected chi connectivity index (χ4v) is 3.87. The molecule has 1 fully saturated rings. The minimum Gasteiger partial charge on any atom is -0.337 e. The lowest BCUT2D eigenvalue weighted by atomic mass is 10.1. The standard InChI is InChI=1S/C15H17FN2OS.ClH/c1-9-12-7-10(16)3-4-13(12)20-14(9)15(19)18(2)11-5-6-17-8-11;/h3-4,7,11,17H,5-6,8H2,1-2H3;1H. The minimum atomic E-state index is -0.259. The number of nitrogens with one attached hydrogen (secondary N) is 1. The average Bonchev–Trinajstić information content (AvgIpc) is 3.06. The molecular formula is C15H18ClFN2OS. The van der Waals surface area contributed by atoms with Gasteiger partial charge in [-0.15, -0.1) is 23.7 Å². The van der Waals surface area contributed by atoms with E-state index < -0.39 is 0 Å². The van der Waals surface area contributed by atoms with Gasteiger partial charge in [-0.1, -0.05) is 0 Å². The highest BCUT2D eigenvalue weighted by Crippen LogP contribution is 2.32. The molecular weight excluding hydrogens is 311 g/mol. The van der Waals surface area contributed by atoms with Crippen LogP contribution in [0.15, 0.2) is 18.2 Å². The maximum atomic E-state index is 13.3. The summed E-state index contributed by atoms with van der Waals surface area (Å²) in [5, 5.41) is 4.11. The van der Waals surface area contributed by atoms with Gasteiger partial charge in [0.25, 0.3) is 5.91 Å². The van der Waals surface area contributed by atoms with Gasteiger partial charge in [0.1, 0.15) is 5.82 Å². The average molecular weight is 329 g/mol. The highest BCUT2D eigenvalue weighted by molar-refractivity contribution is 7.21. The summed E-state index contributed by atoms with van der Waals surface area (Å²) in [6.07, 6.45) is 0.987. The van der Waals surface area contributed by atoms with Gasteiger partial charge in [-0.3, -0.25) is 4.79 Å². The van der Waals surface area contributed by atoms with Gasteiger partial charge in [0.05, 0.1) is 4.88 Å². The summed E-state index contributed by atoms with van der Waals surface area (Å²) < 4.78 is 14.3. The van der Waals surface area contributed by atoms with Crippen LogP contribution in [0.5, 0.6) is 0 Å². The van der Waals surface area contributed by atoms with Crippen LogP contribution < -0.4 is 5.32 Å². The van der Waals surface area contributed by atoms with Gasteiger partial charge in [-0.25, -0.2) is 4.39 Å². The first-order chi connectivity index (χ1) is 9.58. The van der Waals surface area contributed by atoms with Crippen LogP contribution >= 0.6 is 23.7 Å². The molecule has 1 aromatic heterocycles. The number of carbonyl (C=O) groups is 1. The van der Waals surface area contributed by atoms with E-state index in [2.05, 4.69) is 5.32 Å². The van der Waals surface area contributed by atoms with Gasteiger partial charge in [0.15, 0.2) is 0 Å². The number of aryl methyl sites for hydroxylation is 1. The zero-order chi connectivity index (χ0) is 14.3. The van der Waals surface area contributed by atoms with Crippen molar-refractivity contribution in [3.63, 3.8) is 0 Å². The molecule has 2 heterocycles. The number of carbonyl (C=O) groups excluding carboxylic acids is 1. The maximum absolute atomic E-state index is 13.3. The van der Waals surface area contributed by atoms with Crippen molar-refractivity contribution in [2.75, 3.05) is 20.1 Å². The summed E-state index contributed by atoms with van der Waals surface area (Å²) in [5.74, 6) is -0.219. The van der Waals surface area contributed by atoms with E-state index >= 15 is 0 Å². The van der Waals surface area contributed by atoms with Gasteiger partial charge in [0.2, 0.25) is 0 Å². The lowest BCUT2D eigenvalue weighted by Gasteiger charge is -2.23. The van der Waals surface area contributed by atoms with E-state index in [1.165, 1.54) is 23.5 Å². The highest BCUT2D eigenvalue weighted by atomic mass is 35.5. The van der Waals surface area contributed by atoms with Crippen LogP contribution in [0.25, 0.3) is 10.1 Å². The van der Waals surface area contributed by atoms with Crippen molar-refractivity contribution in [1.29, 1.82) is 0 Å². The molecule has 1 aromatic carbocycles. The fraction of sp³-hybridized carbons (Fsp3) is 0.400. The van der Waals surface area contributed by atoms with E-state index in [9.17, 15) is 9.18 Å². The molecule has 0 radical (unpaired) electrons. The Morgan fingerprint density at radius 2 is 2.24 bits per heavy atom. The second kappa shape index (κ2) is 6.30. The van der Waals surface area contributed by atoms with Crippen LogP contribution in [0.2, 0.25) is 0 Å². The van der Waals surface area contributed by atoms with Crippen molar-refractivity contribution in [2.24, 2.45) is 0 Å². The Morgan fingerprint density at radius 1 is 1.48 bits per heavy atom. The predicted octanol–water partition coefficient (Wildman–Crippen LogP) is 3.20. The fourth-order valence-electron chi connectivity index (χ4n) is 2.69. The molecule has 0 spiro atoms. The first kappa shape index (κ1) is 16.2. The van der Waals surface area contributed by atoms with Crippen molar-refractivity contribution in [3.05, 3.63) is 34.5 Å². The van der Waals surface area contributed by atoms with Crippen LogP contribution in [0.4, 0.5) is 4.39 Å². The van der Waals surface area contributed by atoms with E-state index in [0.717, 1.165) is 40.0 Å². The molecule has 1 amide bonds. The molecule has 3 rings (SSSR count). The normalized spacial score (nSPS) is 17.8. The molecule has 2 aromatic rings. The van der Waals surface area contributed by atoms with Gasteiger partial charge in [-0.2, -0.15) is 0 Å². The first-order valence-corrected chi connectivity index (χ1v) is 7.56. The number of rotatable bonds is 2. The predicted molar refractivity (Wildman–Crippen MR) is 87.1 cm³/mol. The number of halogens is 2. The number of nitrogens with zero attached hydrogens (tertiary/aromatic N) is 1. The van der Waals surface area contributed by atoms with E-state index in [4.69, 9.17) is 0 Å². The Morgan fingerprint density at radius 3 is 2.90 bits per heavy atom. The second-order valence-electron chi connectivity index (χ2n) is 5.26. The zero-order valence-electron chi connectivity index (χ0n) is 12.0. The lowest BCUT2D eigenvalue weighted by Crippen LogP contribution is -2.38. The van der Waals surface area contributed by atoms with Crippen molar-refractivity contribution >= 4 is 39.7 Å². The molecule has 1 N–H and O–H groups in total. The smallest absolute Gasteiger partial charge is 0.264 e. The molecule has 0 saturated carbocycles. The minimum absolute atomic E-state index is 0. The van der Waals surface area contributed by atoms with Crippen LogP contribution in [-0.2, 0) is 0 Å². The Kier molecular flexibility index (Phi) is 4.86. The van der Waals surface area contributed by atoms with Gasteiger partial charge >= 0.3 is 0 Å². The van der Waals surface area contributed by atoms with Crippen LogP contribution in [0.3, 0.4) is 0 Å². The van der Waals surface area contributed by atoms with Crippen molar-refractivity contribution < 1.29 is 9.18 Å². The third-order valence-corrected chi connectivity index (χ3v) is 5.26. The van der Waals surface area contributed by atoms with Crippen molar-refractivity contribution in [3.8, 4) is 0 Å². The Hall–Kier alpha value is -1.17. The topological polar surface area (TPSA) is 32.3 Å². The molecule has 1 aliphatic rings. The Labute approximate surface area is 133 Å². The lowest BCUT2D eigenvalue weighted by molar-refractivity contribution is 0.0748. The van der Waals surface area contributed by atoms with E-state index in [0.29, 0.717) is 0 Å². The summed E-state index contributed by atoms with van der Waals surface area (Å²) in [7, 11) is 1.85. The molecule has 0 bridgehead atoms. The summed E-state index contributed by atoms with van der Waals surface area (Å²) in [4.78, 5) is 15.2. The highest BCUT2D eigenvalue weighted by Gasteiger charge is 2.26. The quantitative estimate of drug-likeness (QED) is 0.918. The third kappa shape index (κ3) is 2.91. The number of benzene rings is 1. The number of thiophene rings is 1. The van der Waals surface area contributed by atoms with Crippen molar-refractivity contribution in [1.82, 2.24) is 10.2 Å².